The van der Waals surface area contributed by atoms with Crippen LogP contribution in [0.15, 0.2) is 18.2 Å². The SMILES string of the molecule is Cc1cc(C(C)(O)C2CCCNC2)ccc1F. The molecule has 1 heterocycles. The third kappa shape index (κ3) is 2.50. The van der Waals surface area contributed by atoms with Crippen LogP contribution in [-0.4, -0.2) is 18.2 Å². The van der Waals surface area contributed by atoms with Crippen molar-refractivity contribution in [2.45, 2.75) is 32.3 Å². The Morgan fingerprint density at radius 2 is 2.24 bits per heavy atom. The standard InChI is InChI=1S/C14H20FNO/c1-10-8-11(5-6-13(10)15)14(2,17)12-4-3-7-16-9-12/h5-6,8,12,16-17H,3-4,7,9H2,1-2H3. The number of nitrogens with one attached hydrogen (secondary N) is 1. The van der Waals surface area contributed by atoms with E-state index in [1.165, 1.54) is 6.07 Å². The lowest BCUT2D eigenvalue weighted by Gasteiger charge is -2.36. The van der Waals surface area contributed by atoms with Crippen molar-refractivity contribution in [3.8, 4) is 0 Å². The molecule has 0 aromatic heterocycles. The van der Waals surface area contributed by atoms with Gasteiger partial charge in [-0.15, -0.1) is 0 Å². The normalized spacial score (nSPS) is 24.4. The summed E-state index contributed by atoms with van der Waals surface area (Å²) in [4.78, 5) is 0. The van der Waals surface area contributed by atoms with Gasteiger partial charge in [-0.05, 0) is 50.4 Å². The van der Waals surface area contributed by atoms with Crippen molar-refractivity contribution in [2.75, 3.05) is 13.1 Å². The molecule has 2 N–H and O–H groups in total. The Morgan fingerprint density at radius 3 is 2.82 bits per heavy atom. The Hall–Kier alpha value is -0.930. The van der Waals surface area contributed by atoms with E-state index in [0.717, 1.165) is 31.5 Å². The highest BCUT2D eigenvalue weighted by atomic mass is 19.1. The Labute approximate surface area is 102 Å². The first-order valence-corrected chi connectivity index (χ1v) is 6.21. The highest BCUT2D eigenvalue weighted by molar-refractivity contribution is 5.29. The van der Waals surface area contributed by atoms with Gasteiger partial charge in [-0.2, -0.15) is 0 Å². The fourth-order valence-electron chi connectivity index (χ4n) is 2.53. The van der Waals surface area contributed by atoms with Gasteiger partial charge in [-0.3, -0.25) is 0 Å². The van der Waals surface area contributed by atoms with Gasteiger partial charge in [0, 0.05) is 12.5 Å². The van der Waals surface area contributed by atoms with E-state index < -0.39 is 5.60 Å². The predicted octanol–water partition coefficient (Wildman–Crippen LogP) is 2.34. The highest BCUT2D eigenvalue weighted by Crippen LogP contribution is 2.34. The van der Waals surface area contributed by atoms with Gasteiger partial charge in [0.15, 0.2) is 0 Å². The van der Waals surface area contributed by atoms with Crippen LogP contribution in [0.4, 0.5) is 4.39 Å². The first-order valence-electron chi connectivity index (χ1n) is 6.21. The number of aliphatic hydroxyl groups is 1. The van der Waals surface area contributed by atoms with E-state index in [2.05, 4.69) is 5.32 Å². The maximum Gasteiger partial charge on any atom is 0.126 e. The number of rotatable bonds is 2. The maximum atomic E-state index is 13.2. The lowest BCUT2D eigenvalue weighted by molar-refractivity contribution is -0.0157. The molecule has 2 rings (SSSR count). The van der Waals surface area contributed by atoms with E-state index in [-0.39, 0.29) is 11.7 Å². The topological polar surface area (TPSA) is 32.3 Å². The molecule has 1 aliphatic heterocycles. The Bertz CT molecular complexity index is 397. The van der Waals surface area contributed by atoms with Gasteiger partial charge in [0.2, 0.25) is 0 Å². The van der Waals surface area contributed by atoms with Gasteiger partial charge >= 0.3 is 0 Å². The molecule has 1 fully saturated rings. The molecule has 2 atom stereocenters. The quantitative estimate of drug-likeness (QED) is 0.827. The number of halogens is 1. The lowest BCUT2D eigenvalue weighted by Crippen LogP contribution is -2.42. The van der Waals surface area contributed by atoms with Gasteiger partial charge in [-0.25, -0.2) is 4.39 Å². The summed E-state index contributed by atoms with van der Waals surface area (Å²) in [5.41, 5.74) is 0.517. The Balaban J connectivity index is 2.26. The van der Waals surface area contributed by atoms with Crippen LogP contribution in [0.1, 0.15) is 30.9 Å². The largest absolute Gasteiger partial charge is 0.385 e. The van der Waals surface area contributed by atoms with Crippen molar-refractivity contribution in [3.63, 3.8) is 0 Å². The summed E-state index contributed by atoms with van der Waals surface area (Å²) in [6.07, 6.45) is 2.09. The van der Waals surface area contributed by atoms with Crippen LogP contribution in [0.3, 0.4) is 0 Å². The molecule has 94 valence electrons. The summed E-state index contributed by atoms with van der Waals surface area (Å²) in [5.74, 6) is -0.0209. The Kier molecular flexibility index (Phi) is 3.50. The maximum absolute atomic E-state index is 13.2. The zero-order valence-electron chi connectivity index (χ0n) is 10.5. The molecule has 0 radical (unpaired) electrons. The van der Waals surface area contributed by atoms with Crippen LogP contribution >= 0.6 is 0 Å². The van der Waals surface area contributed by atoms with Crippen molar-refractivity contribution in [2.24, 2.45) is 5.92 Å². The molecule has 2 unspecified atom stereocenters. The van der Waals surface area contributed by atoms with E-state index in [1.807, 2.05) is 6.92 Å². The van der Waals surface area contributed by atoms with Crippen LogP contribution < -0.4 is 5.32 Å². The van der Waals surface area contributed by atoms with Crippen LogP contribution in [-0.2, 0) is 5.60 Å². The van der Waals surface area contributed by atoms with Gasteiger partial charge in [0.05, 0.1) is 5.60 Å². The molecule has 0 saturated carbocycles. The number of aryl methyl sites for hydroxylation is 1. The summed E-state index contributed by atoms with van der Waals surface area (Å²) in [7, 11) is 0. The minimum Gasteiger partial charge on any atom is -0.385 e. The molecule has 1 saturated heterocycles. The van der Waals surface area contributed by atoms with Crippen LogP contribution in [0, 0.1) is 18.7 Å². The second-order valence-electron chi connectivity index (χ2n) is 5.15. The van der Waals surface area contributed by atoms with Crippen LogP contribution in [0.5, 0.6) is 0 Å². The van der Waals surface area contributed by atoms with Crippen LogP contribution in [0.2, 0.25) is 0 Å². The lowest BCUT2D eigenvalue weighted by atomic mass is 9.78. The smallest absolute Gasteiger partial charge is 0.126 e. The minimum absolute atomic E-state index is 0.195. The summed E-state index contributed by atoms with van der Waals surface area (Å²) < 4.78 is 13.2. The van der Waals surface area contributed by atoms with Crippen molar-refractivity contribution < 1.29 is 9.50 Å². The monoisotopic (exact) mass is 237 g/mol. The third-order valence-electron chi connectivity index (χ3n) is 3.83. The fourth-order valence-corrected chi connectivity index (χ4v) is 2.53. The first kappa shape index (κ1) is 12.5. The summed E-state index contributed by atoms with van der Waals surface area (Å²) in [6.45, 7) is 5.41. The van der Waals surface area contributed by atoms with E-state index in [4.69, 9.17) is 0 Å². The summed E-state index contributed by atoms with van der Waals surface area (Å²) in [5, 5.41) is 14.0. The van der Waals surface area contributed by atoms with E-state index >= 15 is 0 Å². The van der Waals surface area contributed by atoms with E-state index in [9.17, 15) is 9.50 Å². The van der Waals surface area contributed by atoms with E-state index in [0.29, 0.717) is 5.56 Å². The van der Waals surface area contributed by atoms with Crippen molar-refractivity contribution in [1.82, 2.24) is 5.32 Å². The molecule has 0 spiro atoms. The zero-order valence-corrected chi connectivity index (χ0v) is 10.5. The zero-order chi connectivity index (χ0) is 12.5. The predicted molar refractivity (Wildman–Crippen MR) is 66.3 cm³/mol. The molecule has 0 amide bonds. The number of benzene rings is 1. The summed E-state index contributed by atoms with van der Waals surface area (Å²) >= 11 is 0. The number of hydrogen-bond acceptors (Lipinski definition) is 2. The highest BCUT2D eigenvalue weighted by Gasteiger charge is 2.34. The van der Waals surface area contributed by atoms with Gasteiger partial charge in [0.1, 0.15) is 5.82 Å². The minimum atomic E-state index is -0.883. The number of piperidine rings is 1. The average Bonchev–Trinajstić information content (AvgIpc) is 2.33. The van der Waals surface area contributed by atoms with E-state index in [1.54, 1.807) is 19.1 Å². The molecule has 0 bridgehead atoms. The van der Waals surface area contributed by atoms with Crippen molar-refractivity contribution in [1.29, 1.82) is 0 Å². The first-order chi connectivity index (χ1) is 8.01. The molecule has 2 nitrogen and oxygen atoms in total. The van der Waals surface area contributed by atoms with Crippen molar-refractivity contribution >= 4 is 0 Å². The molecule has 1 aliphatic rings. The van der Waals surface area contributed by atoms with Crippen LogP contribution in [0.25, 0.3) is 0 Å². The van der Waals surface area contributed by atoms with Gasteiger partial charge < -0.3 is 10.4 Å². The summed E-state index contributed by atoms with van der Waals surface area (Å²) in [6, 6.07) is 4.89. The fraction of sp³-hybridized carbons (Fsp3) is 0.571. The molecule has 17 heavy (non-hydrogen) atoms. The van der Waals surface area contributed by atoms with Crippen molar-refractivity contribution in [3.05, 3.63) is 35.1 Å². The molecule has 1 aromatic carbocycles. The third-order valence-corrected chi connectivity index (χ3v) is 3.83. The second kappa shape index (κ2) is 4.75. The molecule has 3 heteroatoms. The molecular formula is C14H20FNO. The molecular weight excluding hydrogens is 217 g/mol. The second-order valence-corrected chi connectivity index (χ2v) is 5.15. The Morgan fingerprint density at radius 1 is 1.47 bits per heavy atom. The van der Waals surface area contributed by atoms with Gasteiger partial charge in [-0.1, -0.05) is 12.1 Å². The molecule has 0 aliphatic carbocycles. The molecule has 1 aromatic rings. The van der Waals surface area contributed by atoms with Gasteiger partial charge in [0.25, 0.3) is 0 Å². The average molecular weight is 237 g/mol. The number of hydrogen-bond donors (Lipinski definition) is 2.